The van der Waals surface area contributed by atoms with Gasteiger partial charge in [-0.15, -0.1) is 0 Å². The van der Waals surface area contributed by atoms with Crippen LogP contribution in [0.2, 0.25) is 5.02 Å². The predicted octanol–water partition coefficient (Wildman–Crippen LogP) is 7.28. The largest absolute Gasteiger partial charge is 0.436 e. The zero-order valence-electron chi connectivity index (χ0n) is 19.0. The van der Waals surface area contributed by atoms with Crippen molar-refractivity contribution in [2.24, 2.45) is 9.98 Å². The van der Waals surface area contributed by atoms with E-state index in [9.17, 15) is 0 Å². The molecule has 0 saturated heterocycles. The maximum Gasteiger partial charge on any atom is 0.228 e. The first-order valence-corrected chi connectivity index (χ1v) is 12.1. The summed E-state index contributed by atoms with van der Waals surface area (Å²) in [6.45, 7) is 0. The van der Waals surface area contributed by atoms with Crippen LogP contribution in [0, 0.1) is 0 Å². The van der Waals surface area contributed by atoms with Gasteiger partial charge in [0.25, 0.3) is 0 Å². The van der Waals surface area contributed by atoms with Crippen LogP contribution in [0.15, 0.2) is 118 Å². The van der Waals surface area contributed by atoms with Crippen molar-refractivity contribution in [1.82, 2.24) is 10.3 Å². The van der Waals surface area contributed by atoms with E-state index in [2.05, 4.69) is 52.8 Å². The molecule has 3 heterocycles. The van der Waals surface area contributed by atoms with E-state index >= 15 is 0 Å². The molecular formula is C30H19ClN4O. The van der Waals surface area contributed by atoms with Crippen LogP contribution in [0.3, 0.4) is 0 Å². The van der Waals surface area contributed by atoms with Gasteiger partial charge in [0.2, 0.25) is 5.71 Å². The number of hydrogen-bond acceptors (Lipinski definition) is 5. The van der Waals surface area contributed by atoms with Gasteiger partial charge in [-0.2, -0.15) is 0 Å². The van der Waals surface area contributed by atoms with E-state index in [-0.39, 0.29) is 6.17 Å². The van der Waals surface area contributed by atoms with E-state index in [4.69, 9.17) is 26.0 Å². The molecule has 6 heteroatoms. The number of fused-ring (bicyclic) bond motifs is 4. The highest BCUT2D eigenvalue weighted by Crippen LogP contribution is 2.35. The van der Waals surface area contributed by atoms with Gasteiger partial charge in [-0.05, 0) is 34.5 Å². The SMILES string of the molecule is Clc1cccc2c1oc1nccc(C3=NC(c4ccccc4)NC(c4ccc5ccccc5c4)=N3)c12. The molecule has 1 aliphatic rings. The molecule has 36 heavy (non-hydrogen) atoms. The first kappa shape index (κ1) is 20.9. The first-order valence-electron chi connectivity index (χ1n) is 11.7. The van der Waals surface area contributed by atoms with E-state index in [1.54, 1.807) is 6.20 Å². The quantitative estimate of drug-likeness (QED) is 0.286. The molecule has 0 amide bonds. The topological polar surface area (TPSA) is 62.8 Å². The summed E-state index contributed by atoms with van der Waals surface area (Å²) in [6.07, 6.45) is 1.42. The lowest BCUT2D eigenvalue weighted by atomic mass is 10.0. The molecule has 0 bridgehead atoms. The second-order valence-electron chi connectivity index (χ2n) is 8.69. The highest BCUT2D eigenvalue weighted by atomic mass is 35.5. The average molecular weight is 487 g/mol. The molecule has 0 aliphatic carbocycles. The van der Waals surface area contributed by atoms with Gasteiger partial charge in [0.05, 0.1) is 10.4 Å². The van der Waals surface area contributed by atoms with Gasteiger partial charge in [-0.25, -0.2) is 15.0 Å². The zero-order valence-corrected chi connectivity index (χ0v) is 19.8. The zero-order chi connectivity index (χ0) is 24.1. The summed E-state index contributed by atoms with van der Waals surface area (Å²) in [4.78, 5) is 14.5. The van der Waals surface area contributed by atoms with Crippen molar-refractivity contribution in [2.75, 3.05) is 0 Å². The molecule has 1 atom stereocenters. The van der Waals surface area contributed by atoms with Crippen molar-refractivity contribution in [2.45, 2.75) is 6.17 Å². The summed E-state index contributed by atoms with van der Waals surface area (Å²) in [5.74, 6) is 1.37. The van der Waals surface area contributed by atoms with Crippen molar-refractivity contribution in [1.29, 1.82) is 0 Å². The van der Waals surface area contributed by atoms with Crippen LogP contribution in [0.4, 0.5) is 0 Å². The van der Waals surface area contributed by atoms with Crippen LogP contribution in [-0.2, 0) is 0 Å². The van der Waals surface area contributed by atoms with Crippen molar-refractivity contribution in [3.63, 3.8) is 0 Å². The summed E-state index contributed by atoms with van der Waals surface area (Å²) >= 11 is 6.43. The number of benzene rings is 4. The van der Waals surface area contributed by atoms with Gasteiger partial charge in [0, 0.05) is 22.7 Å². The molecule has 0 spiro atoms. The Morgan fingerprint density at radius 3 is 2.53 bits per heavy atom. The number of nitrogens with zero attached hydrogens (tertiary/aromatic N) is 3. The predicted molar refractivity (Wildman–Crippen MR) is 146 cm³/mol. The van der Waals surface area contributed by atoms with Gasteiger partial charge in [-0.3, -0.25) is 0 Å². The van der Waals surface area contributed by atoms with Crippen LogP contribution in [0.25, 0.3) is 32.8 Å². The number of hydrogen-bond donors (Lipinski definition) is 1. The van der Waals surface area contributed by atoms with Gasteiger partial charge < -0.3 is 9.73 Å². The Balaban J connectivity index is 1.45. The Hall–Kier alpha value is -4.48. The number of para-hydroxylation sites is 1. The minimum Gasteiger partial charge on any atom is -0.436 e. The fraction of sp³-hybridized carbons (Fsp3) is 0.0333. The van der Waals surface area contributed by atoms with E-state index in [1.807, 2.05) is 54.6 Å². The number of aromatic nitrogens is 1. The van der Waals surface area contributed by atoms with Gasteiger partial charge >= 0.3 is 0 Å². The van der Waals surface area contributed by atoms with Crippen LogP contribution in [0.1, 0.15) is 22.9 Å². The normalized spacial score (nSPS) is 15.6. The van der Waals surface area contributed by atoms with E-state index in [1.165, 1.54) is 5.39 Å². The maximum absolute atomic E-state index is 6.43. The van der Waals surface area contributed by atoms with Gasteiger partial charge in [0.1, 0.15) is 12.0 Å². The Labute approximate surface area is 211 Å². The third-order valence-corrected chi connectivity index (χ3v) is 6.77. The molecule has 4 aromatic carbocycles. The highest BCUT2D eigenvalue weighted by molar-refractivity contribution is 6.36. The Bertz CT molecular complexity index is 1840. The number of amidine groups is 2. The Morgan fingerprint density at radius 2 is 1.64 bits per heavy atom. The maximum atomic E-state index is 6.43. The van der Waals surface area contributed by atoms with Crippen LogP contribution < -0.4 is 5.32 Å². The molecule has 6 aromatic rings. The van der Waals surface area contributed by atoms with Crippen LogP contribution in [-0.4, -0.2) is 16.7 Å². The molecule has 7 rings (SSSR count). The fourth-order valence-electron chi connectivity index (χ4n) is 4.73. The number of rotatable bonds is 3. The third-order valence-electron chi connectivity index (χ3n) is 6.47. The van der Waals surface area contributed by atoms with E-state index < -0.39 is 0 Å². The monoisotopic (exact) mass is 486 g/mol. The Morgan fingerprint density at radius 1 is 0.806 bits per heavy atom. The lowest BCUT2D eigenvalue weighted by molar-refractivity contribution is 0.654. The number of aliphatic imine (C=N–C) groups is 2. The molecule has 1 aliphatic heterocycles. The average Bonchev–Trinajstić information content (AvgIpc) is 3.33. The van der Waals surface area contributed by atoms with Gasteiger partial charge in [-0.1, -0.05) is 90.5 Å². The van der Waals surface area contributed by atoms with Crippen molar-refractivity contribution >= 4 is 56.1 Å². The van der Waals surface area contributed by atoms with Crippen molar-refractivity contribution in [3.8, 4) is 0 Å². The lowest BCUT2D eigenvalue weighted by Gasteiger charge is -2.24. The van der Waals surface area contributed by atoms with Gasteiger partial charge in [0.15, 0.2) is 11.4 Å². The Kier molecular flexibility index (Phi) is 4.82. The first-order chi connectivity index (χ1) is 17.7. The van der Waals surface area contributed by atoms with E-state index in [0.29, 0.717) is 22.2 Å². The second-order valence-corrected chi connectivity index (χ2v) is 9.10. The smallest absolute Gasteiger partial charge is 0.228 e. The van der Waals surface area contributed by atoms with Crippen LogP contribution >= 0.6 is 11.6 Å². The molecule has 172 valence electrons. The van der Waals surface area contributed by atoms with Crippen LogP contribution in [0.5, 0.6) is 0 Å². The highest BCUT2D eigenvalue weighted by Gasteiger charge is 2.24. The second kappa shape index (κ2) is 8.33. The summed E-state index contributed by atoms with van der Waals surface area (Å²) < 4.78 is 6.02. The minimum atomic E-state index is -0.301. The van der Waals surface area contributed by atoms with Crippen molar-refractivity contribution < 1.29 is 4.42 Å². The molecule has 0 fully saturated rings. The lowest BCUT2D eigenvalue weighted by Crippen LogP contribution is -2.33. The number of furan rings is 1. The molecule has 0 radical (unpaired) electrons. The minimum absolute atomic E-state index is 0.301. The molecule has 0 saturated carbocycles. The van der Waals surface area contributed by atoms with E-state index in [0.717, 1.165) is 38.7 Å². The summed E-state index contributed by atoms with van der Waals surface area (Å²) in [5, 5.41) is 8.17. The third kappa shape index (κ3) is 3.44. The fourth-order valence-corrected chi connectivity index (χ4v) is 4.94. The molecular weight excluding hydrogens is 468 g/mol. The summed E-state index contributed by atoms with van der Waals surface area (Å²) in [6, 6.07) is 32.5. The summed E-state index contributed by atoms with van der Waals surface area (Å²) in [7, 11) is 0. The number of pyridine rings is 1. The standard InChI is InChI=1S/C30H19ClN4O/c31-24-12-6-11-22-25-23(15-16-32-30(25)36-26(22)24)29-34-27(19-8-2-1-3-9-19)33-28(35-29)21-14-13-18-7-4-5-10-20(18)17-21/h1-17,27H,(H,33,34,35). The molecule has 5 nitrogen and oxygen atoms in total. The molecule has 1 unspecified atom stereocenters. The summed E-state index contributed by atoms with van der Waals surface area (Å²) in [5.41, 5.74) is 4.01. The molecule has 1 N–H and O–H groups in total. The number of halogens is 1. The van der Waals surface area contributed by atoms with Crippen molar-refractivity contribution in [3.05, 3.63) is 125 Å². The number of nitrogens with one attached hydrogen (secondary N) is 1. The molecule has 2 aromatic heterocycles.